The maximum absolute atomic E-state index is 12.0. The van der Waals surface area contributed by atoms with Crippen molar-refractivity contribution < 1.29 is 4.79 Å². The van der Waals surface area contributed by atoms with E-state index in [1.807, 2.05) is 31.2 Å². The van der Waals surface area contributed by atoms with Gasteiger partial charge in [-0.2, -0.15) is 0 Å². The minimum Gasteiger partial charge on any atom is -0.399 e. The van der Waals surface area contributed by atoms with E-state index in [2.05, 4.69) is 33.0 Å². The molecule has 0 aromatic heterocycles. The fourth-order valence-electron chi connectivity index (χ4n) is 1.74. The summed E-state index contributed by atoms with van der Waals surface area (Å²) in [4.78, 5) is 12.0. The zero-order valence-corrected chi connectivity index (χ0v) is 12.7. The van der Waals surface area contributed by atoms with E-state index in [1.54, 1.807) is 0 Å². The number of nitrogens with two attached hydrogens (primary N) is 1. The summed E-state index contributed by atoms with van der Waals surface area (Å²) in [6.07, 6.45) is 0.504. The number of nitrogen functional groups attached to an aromatic ring is 1. The molecule has 3 N–H and O–H groups in total. The molecule has 0 aliphatic carbocycles. The molecule has 0 spiro atoms. The smallest absolute Gasteiger partial charge is 0.220 e. The fourth-order valence-corrected chi connectivity index (χ4v) is 1.74. The van der Waals surface area contributed by atoms with Crippen LogP contribution in [-0.4, -0.2) is 11.9 Å². The standard InChI is InChI=1S/C16H26N2O/c1-11(13-6-8-14(17)9-7-13)10-15(19)18-12(2)16(3,4)5/h6-9,11-12H,10,17H2,1-5H3,(H,18,19). The van der Waals surface area contributed by atoms with Crippen LogP contribution in [0.3, 0.4) is 0 Å². The van der Waals surface area contributed by atoms with Gasteiger partial charge in [-0.3, -0.25) is 4.79 Å². The zero-order chi connectivity index (χ0) is 14.6. The molecule has 0 radical (unpaired) electrons. The van der Waals surface area contributed by atoms with Crippen molar-refractivity contribution in [3.63, 3.8) is 0 Å². The van der Waals surface area contributed by atoms with Gasteiger partial charge in [0.25, 0.3) is 0 Å². The first-order valence-corrected chi connectivity index (χ1v) is 6.85. The first kappa shape index (κ1) is 15.5. The second-order valence-electron chi connectivity index (χ2n) is 6.43. The SMILES string of the molecule is CC(CC(=O)NC(C)C(C)(C)C)c1ccc(N)cc1. The Labute approximate surface area is 116 Å². The molecule has 1 aromatic rings. The molecule has 0 bridgehead atoms. The van der Waals surface area contributed by atoms with Crippen LogP contribution in [0.5, 0.6) is 0 Å². The topological polar surface area (TPSA) is 55.1 Å². The number of amides is 1. The van der Waals surface area contributed by atoms with Crippen LogP contribution in [0, 0.1) is 5.41 Å². The number of anilines is 1. The number of carbonyl (C=O) groups excluding carboxylic acids is 1. The zero-order valence-electron chi connectivity index (χ0n) is 12.7. The van der Waals surface area contributed by atoms with Gasteiger partial charge in [0.2, 0.25) is 5.91 Å². The number of carbonyl (C=O) groups is 1. The molecule has 1 aromatic carbocycles. The van der Waals surface area contributed by atoms with E-state index >= 15 is 0 Å². The van der Waals surface area contributed by atoms with Crippen LogP contribution in [0.2, 0.25) is 0 Å². The normalized spacial score (nSPS) is 14.8. The number of rotatable bonds is 4. The summed E-state index contributed by atoms with van der Waals surface area (Å²) in [6, 6.07) is 7.89. The molecule has 106 valence electrons. The van der Waals surface area contributed by atoms with Gasteiger partial charge in [0.1, 0.15) is 0 Å². The third kappa shape index (κ3) is 4.93. The van der Waals surface area contributed by atoms with E-state index in [4.69, 9.17) is 5.73 Å². The summed E-state index contributed by atoms with van der Waals surface area (Å²) in [5, 5.41) is 3.07. The quantitative estimate of drug-likeness (QED) is 0.818. The molecule has 2 unspecified atom stereocenters. The van der Waals surface area contributed by atoms with Gasteiger partial charge in [0.05, 0.1) is 0 Å². The average Bonchev–Trinajstić information content (AvgIpc) is 2.28. The first-order valence-electron chi connectivity index (χ1n) is 6.85. The van der Waals surface area contributed by atoms with E-state index in [0.29, 0.717) is 6.42 Å². The van der Waals surface area contributed by atoms with E-state index in [0.717, 1.165) is 11.3 Å². The molecule has 0 saturated heterocycles. The maximum atomic E-state index is 12.0. The molecule has 1 amide bonds. The number of benzene rings is 1. The minimum absolute atomic E-state index is 0.0834. The Morgan fingerprint density at radius 1 is 1.21 bits per heavy atom. The lowest BCUT2D eigenvalue weighted by molar-refractivity contribution is -0.122. The average molecular weight is 262 g/mol. The number of hydrogen-bond donors (Lipinski definition) is 2. The van der Waals surface area contributed by atoms with Crippen LogP contribution >= 0.6 is 0 Å². The Hall–Kier alpha value is -1.51. The number of hydrogen-bond acceptors (Lipinski definition) is 2. The van der Waals surface area contributed by atoms with Crippen molar-refractivity contribution in [2.45, 2.75) is 53.0 Å². The summed E-state index contributed by atoms with van der Waals surface area (Å²) in [5.74, 6) is 0.305. The van der Waals surface area contributed by atoms with Gasteiger partial charge in [-0.25, -0.2) is 0 Å². The molecule has 1 rings (SSSR count). The monoisotopic (exact) mass is 262 g/mol. The first-order chi connectivity index (χ1) is 8.70. The predicted molar refractivity (Wildman–Crippen MR) is 80.9 cm³/mol. The van der Waals surface area contributed by atoms with E-state index in [-0.39, 0.29) is 23.3 Å². The van der Waals surface area contributed by atoms with Crippen molar-refractivity contribution in [2.75, 3.05) is 5.73 Å². The van der Waals surface area contributed by atoms with Gasteiger partial charge in [-0.15, -0.1) is 0 Å². The van der Waals surface area contributed by atoms with Crippen molar-refractivity contribution in [1.82, 2.24) is 5.32 Å². The molecule has 19 heavy (non-hydrogen) atoms. The van der Waals surface area contributed by atoms with Gasteiger partial charge in [-0.05, 0) is 36.0 Å². The molecule has 0 fully saturated rings. The second-order valence-corrected chi connectivity index (χ2v) is 6.43. The Morgan fingerprint density at radius 3 is 2.21 bits per heavy atom. The summed E-state index contributed by atoms with van der Waals surface area (Å²) >= 11 is 0. The summed E-state index contributed by atoms with van der Waals surface area (Å²) in [7, 11) is 0. The molecule has 3 heteroatoms. The van der Waals surface area contributed by atoms with E-state index in [9.17, 15) is 4.79 Å². The molecular weight excluding hydrogens is 236 g/mol. The highest BCUT2D eigenvalue weighted by atomic mass is 16.1. The van der Waals surface area contributed by atoms with Gasteiger partial charge in [0, 0.05) is 18.2 Å². The van der Waals surface area contributed by atoms with Crippen LogP contribution < -0.4 is 11.1 Å². The molecule has 0 aliphatic heterocycles. The lowest BCUT2D eigenvalue weighted by Crippen LogP contribution is -2.41. The lowest BCUT2D eigenvalue weighted by atomic mass is 9.87. The van der Waals surface area contributed by atoms with Crippen molar-refractivity contribution >= 4 is 11.6 Å². The van der Waals surface area contributed by atoms with E-state index < -0.39 is 0 Å². The highest BCUT2D eigenvalue weighted by molar-refractivity contribution is 5.77. The Balaban J connectivity index is 2.55. The molecular formula is C16H26N2O. The Kier molecular flexibility index (Phi) is 4.98. The summed E-state index contributed by atoms with van der Waals surface area (Å²) in [6.45, 7) is 10.5. The molecule has 0 aliphatic rings. The summed E-state index contributed by atoms with van der Waals surface area (Å²) < 4.78 is 0. The van der Waals surface area contributed by atoms with Gasteiger partial charge >= 0.3 is 0 Å². The van der Waals surface area contributed by atoms with Gasteiger partial charge < -0.3 is 11.1 Å². The maximum Gasteiger partial charge on any atom is 0.220 e. The lowest BCUT2D eigenvalue weighted by Gasteiger charge is -2.28. The van der Waals surface area contributed by atoms with Gasteiger partial charge in [-0.1, -0.05) is 39.8 Å². The van der Waals surface area contributed by atoms with Crippen LogP contribution in [0.4, 0.5) is 5.69 Å². The summed E-state index contributed by atoms with van der Waals surface area (Å²) in [5.41, 5.74) is 7.64. The van der Waals surface area contributed by atoms with Crippen LogP contribution in [-0.2, 0) is 4.79 Å². The van der Waals surface area contributed by atoms with Gasteiger partial charge in [0.15, 0.2) is 0 Å². The molecule has 3 nitrogen and oxygen atoms in total. The molecule has 2 atom stereocenters. The molecule has 0 saturated carbocycles. The highest BCUT2D eigenvalue weighted by Gasteiger charge is 2.22. The minimum atomic E-state index is 0.0834. The fraction of sp³-hybridized carbons (Fsp3) is 0.562. The Bertz CT molecular complexity index is 417. The largest absolute Gasteiger partial charge is 0.399 e. The van der Waals surface area contributed by atoms with Crippen molar-refractivity contribution in [3.8, 4) is 0 Å². The van der Waals surface area contributed by atoms with E-state index in [1.165, 1.54) is 0 Å². The van der Waals surface area contributed by atoms with Crippen molar-refractivity contribution in [2.24, 2.45) is 5.41 Å². The second kappa shape index (κ2) is 6.09. The van der Waals surface area contributed by atoms with Crippen molar-refractivity contribution in [3.05, 3.63) is 29.8 Å². The third-order valence-electron chi connectivity index (χ3n) is 3.67. The van der Waals surface area contributed by atoms with Crippen LogP contribution in [0.1, 0.15) is 52.5 Å². The molecule has 0 heterocycles. The Morgan fingerprint density at radius 2 is 1.74 bits per heavy atom. The van der Waals surface area contributed by atoms with Crippen molar-refractivity contribution in [1.29, 1.82) is 0 Å². The van der Waals surface area contributed by atoms with Crippen LogP contribution in [0.25, 0.3) is 0 Å². The highest BCUT2D eigenvalue weighted by Crippen LogP contribution is 2.22. The third-order valence-corrected chi connectivity index (χ3v) is 3.67. The van der Waals surface area contributed by atoms with Crippen LogP contribution in [0.15, 0.2) is 24.3 Å². The predicted octanol–water partition coefficient (Wildman–Crippen LogP) is 3.31. The number of nitrogens with one attached hydrogen (secondary N) is 1.